The van der Waals surface area contributed by atoms with Crippen molar-refractivity contribution in [3.05, 3.63) is 206 Å². The summed E-state index contributed by atoms with van der Waals surface area (Å²) in [6.45, 7) is 0. The van der Waals surface area contributed by atoms with E-state index in [0.29, 0.717) is 23.3 Å². The molecule has 290 valence electrons. The van der Waals surface area contributed by atoms with Crippen molar-refractivity contribution in [2.45, 2.75) is 0 Å². The van der Waals surface area contributed by atoms with E-state index in [1.54, 1.807) is 11.3 Å². The van der Waals surface area contributed by atoms with Crippen LogP contribution in [0.2, 0.25) is 0 Å². The first-order valence-corrected chi connectivity index (χ1v) is 21.4. The highest BCUT2D eigenvalue weighted by Crippen LogP contribution is 2.45. The average Bonchev–Trinajstić information content (AvgIpc) is 3.90. The van der Waals surface area contributed by atoms with Gasteiger partial charge in [0.2, 0.25) is 0 Å². The van der Waals surface area contributed by atoms with E-state index in [1.165, 1.54) is 21.9 Å². The lowest BCUT2D eigenvalue weighted by Gasteiger charge is -2.17. The number of para-hydroxylation sites is 1. The van der Waals surface area contributed by atoms with Crippen LogP contribution in [-0.4, -0.2) is 29.5 Å². The fourth-order valence-corrected chi connectivity index (χ4v) is 9.77. The summed E-state index contributed by atoms with van der Waals surface area (Å²) in [5.74, 6) is 2.45. The predicted molar refractivity (Wildman–Crippen MR) is 255 cm³/mol. The molecule has 6 nitrogen and oxygen atoms in total. The number of fused-ring (bicyclic) bond motifs is 6. The van der Waals surface area contributed by atoms with Crippen molar-refractivity contribution < 1.29 is 0 Å². The number of hydrogen-bond acceptors (Lipinski definition) is 6. The predicted octanol–water partition coefficient (Wildman–Crippen LogP) is 14.1. The second-order valence-corrected chi connectivity index (χ2v) is 16.3. The molecule has 4 heterocycles. The van der Waals surface area contributed by atoms with Crippen molar-refractivity contribution in [1.82, 2.24) is 29.5 Å². The zero-order valence-electron chi connectivity index (χ0n) is 33.2. The van der Waals surface area contributed by atoms with E-state index in [1.807, 2.05) is 78.9 Å². The van der Waals surface area contributed by atoms with Crippen molar-refractivity contribution >= 4 is 53.4 Å². The van der Waals surface area contributed by atoms with Crippen LogP contribution in [0, 0.1) is 0 Å². The first kappa shape index (κ1) is 35.8. The molecular weight excluding hydrogens is 777 g/mol. The van der Waals surface area contributed by atoms with Crippen LogP contribution in [0.3, 0.4) is 0 Å². The molecule has 0 fully saturated rings. The second-order valence-electron chi connectivity index (χ2n) is 15.2. The molecule has 0 N–H and O–H groups in total. The minimum atomic E-state index is 0.573. The Balaban J connectivity index is 1.19. The first-order chi connectivity index (χ1) is 30.7. The summed E-state index contributed by atoms with van der Waals surface area (Å²) in [5.41, 5.74) is 11.9. The Morgan fingerprint density at radius 1 is 0.355 bits per heavy atom. The van der Waals surface area contributed by atoms with Gasteiger partial charge in [0.25, 0.3) is 0 Å². The molecule has 0 bridgehead atoms. The van der Waals surface area contributed by atoms with Gasteiger partial charge >= 0.3 is 0 Å². The maximum absolute atomic E-state index is 5.53. The lowest BCUT2D eigenvalue weighted by atomic mass is 9.99. The van der Waals surface area contributed by atoms with Crippen LogP contribution in [0.5, 0.6) is 0 Å². The average molecular weight is 811 g/mol. The summed E-state index contributed by atoms with van der Waals surface area (Å²) in [7, 11) is 0. The lowest BCUT2D eigenvalue weighted by molar-refractivity contribution is 1.07. The van der Waals surface area contributed by atoms with Crippen LogP contribution in [-0.2, 0) is 0 Å². The van der Waals surface area contributed by atoms with E-state index in [9.17, 15) is 0 Å². The van der Waals surface area contributed by atoms with E-state index in [4.69, 9.17) is 24.9 Å². The van der Waals surface area contributed by atoms with Crippen LogP contribution in [0.25, 0.3) is 116 Å². The van der Waals surface area contributed by atoms with E-state index in [-0.39, 0.29) is 0 Å². The van der Waals surface area contributed by atoms with Gasteiger partial charge in [-0.3, -0.25) is 0 Å². The number of aromatic nitrogens is 6. The van der Waals surface area contributed by atoms with Gasteiger partial charge in [-0.05, 0) is 47.5 Å². The minimum absolute atomic E-state index is 0.573. The summed E-state index contributed by atoms with van der Waals surface area (Å²) in [6, 6.07) is 71.5. The SMILES string of the molecule is c1ccc(-c2nc(-c3ccccc3)nc(-c3ccc(-n4c5ccccc5c5c(-c6ccccc6)cccc54)c(-c4nc(-c5ccccc5)nc5c4sc4ccccc45)c3)n2)cc1. The fourth-order valence-electron chi connectivity index (χ4n) is 8.62. The van der Waals surface area contributed by atoms with Crippen molar-refractivity contribution in [2.24, 2.45) is 0 Å². The van der Waals surface area contributed by atoms with Crippen LogP contribution >= 0.6 is 11.3 Å². The van der Waals surface area contributed by atoms with Crippen LogP contribution in [0.15, 0.2) is 206 Å². The molecule has 62 heavy (non-hydrogen) atoms. The van der Waals surface area contributed by atoms with Gasteiger partial charge in [-0.15, -0.1) is 11.3 Å². The molecule has 8 aromatic carbocycles. The molecule has 0 spiro atoms. The topological polar surface area (TPSA) is 69.4 Å². The summed E-state index contributed by atoms with van der Waals surface area (Å²) >= 11 is 1.73. The van der Waals surface area contributed by atoms with E-state index in [2.05, 4.69) is 132 Å². The molecule has 0 saturated heterocycles. The Hall–Kier alpha value is -8.13. The molecule has 0 atom stereocenters. The molecule has 12 aromatic rings. The third kappa shape index (κ3) is 6.06. The first-order valence-electron chi connectivity index (χ1n) is 20.6. The summed E-state index contributed by atoms with van der Waals surface area (Å²) in [6.07, 6.45) is 0. The quantitative estimate of drug-likeness (QED) is 0.160. The lowest BCUT2D eigenvalue weighted by Crippen LogP contribution is -2.03. The molecule has 0 aliphatic heterocycles. The Kier molecular flexibility index (Phi) is 8.57. The molecule has 7 heteroatoms. The Bertz CT molecular complexity index is 3560. The van der Waals surface area contributed by atoms with Gasteiger partial charge in [-0.2, -0.15) is 0 Å². The van der Waals surface area contributed by atoms with Crippen molar-refractivity contribution in [3.63, 3.8) is 0 Å². The van der Waals surface area contributed by atoms with Gasteiger partial charge in [-0.25, -0.2) is 24.9 Å². The summed E-state index contributed by atoms with van der Waals surface area (Å²) in [5, 5.41) is 3.48. The van der Waals surface area contributed by atoms with E-state index < -0.39 is 0 Å². The molecule has 0 saturated carbocycles. The highest BCUT2D eigenvalue weighted by atomic mass is 32.1. The molecule has 0 aliphatic carbocycles. The third-order valence-electron chi connectivity index (χ3n) is 11.5. The van der Waals surface area contributed by atoms with E-state index in [0.717, 1.165) is 70.5 Å². The van der Waals surface area contributed by atoms with Crippen LogP contribution in [0.4, 0.5) is 0 Å². The normalized spacial score (nSPS) is 11.5. The Labute approximate surface area is 361 Å². The summed E-state index contributed by atoms with van der Waals surface area (Å²) < 4.78 is 4.57. The van der Waals surface area contributed by atoms with Crippen molar-refractivity contribution in [2.75, 3.05) is 0 Å². The van der Waals surface area contributed by atoms with Crippen LogP contribution in [0.1, 0.15) is 0 Å². The highest BCUT2D eigenvalue weighted by Gasteiger charge is 2.24. The zero-order valence-corrected chi connectivity index (χ0v) is 34.0. The standard InChI is InChI=1S/C55H34N6S/c1-5-18-35(19-6-1)40-28-17-30-46-48(40)41-26-13-15-29-44(41)61(46)45-33-32-39(55-59-53(37-22-9-3-10-23-37)58-54(60-55)38-24-11-4-12-25-38)34-43(45)50-51-49(42-27-14-16-31-47(42)62-51)56-52(57-50)36-20-7-2-8-21-36/h1-34H. The number of benzene rings is 8. The molecule has 0 unspecified atom stereocenters. The smallest absolute Gasteiger partial charge is 0.164 e. The van der Waals surface area contributed by atoms with E-state index >= 15 is 0 Å². The number of thiophene rings is 1. The van der Waals surface area contributed by atoms with Gasteiger partial charge in [0.05, 0.1) is 32.6 Å². The van der Waals surface area contributed by atoms with Gasteiger partial charge in [0.15, 0.2) is 23.3 Å². The second kappa shape index (κ2) is 14.9. The molecule has 0 radical (unpaired) electrons. The molecule has 12 rings (SSSR count). The maximum Gasteiger partial charge on any atom is 0.164 e. The largest absolute Gasteiger partial charge is 0.309 e. The van der Waals surface area contributed by atoms with Gasteiger partial charge < -0.3 is 4.57 Å². The summed E-state index contributed by atoms with van der Waals surface area (Å²) in [4.78, 5) is 26.2. The minimum Gasteiger partial charge on any atom is -0.309 e. The number of nitrogens with zero attached hydrogens (tertiary/aromatic N) is 6. The Morgan fingerprint density at radius 3 is 1.52 bits per heavy atom. The fraction of sp³-hybridized carbons (Fsp3) is 0. The highest BCUT2D eigenvalue weighted by molar-refractivity contribution is 7.26. The van der Waals surface area contributed by atoms with Crippen molar-refractivity contribution in [1.29, 1.82) is 0 Å². The maximum atomic E-state index is 5.53. The number of rotatable bonds is 7. The van der Waals surface area contributed by atoms with Crippen molar-refractivity contribution in [3.8, 4) is 73.6 Å². The van der Waals surface area contributed by atoms with Crippen LogP contribution < -0.4 is 0 Å². The number of hydrogen-bond donors (Lipinski definition) is 0. The molecular formula is C55H34N6S. The zero-order chi connectivity index (χ0) is 41.0. The third-order valence-corrected chi connectivity index (χ3v) is 12.7. The molecule has 0 aliphatic rings. The van der Waals surface area contributed by atoms with Gasteiger partial charge in [0.1, 0.15) is 0 Å². The molecule has 4 aromatic heterocycles. The monoisotopic (exact) mass is 810 g/mol. The Morgan fingerprint density at radius 2 is 0.871 bits per heavy atom. The van der Waals surface area contributed by atoms with Gasteiger partial charge in [0, 0.05) is 48.7 Å². The molecule has 0 amide bonds. The van der Waals surface area contributed by atoms with Gasteiger partial charge in [-0.1, -0.05) is 170 Å².